The van der Waals surface area contributed by atoms with E-state index >= 15 is 0 Å². The van der Waals surface area contributed by atoms with Crippen LogP contribution in [0, 0.1) is 0 Å². The molecule has 1 aromatic heterocycles. The van der Waals surface area contributed by atoms with Crippen LogP contribution in [0.15, 0.2) is 53.8 Å². The molecule has 0 atom stereocenters. The minimum Gasteiger partial charge on any atom is -0.328 e. The van der Waals surface area contributed by atoms with E-state index in [9.17, 15) is 9.59 Å². The third-order valence-electron chi connectivity index (χ3n) is 2.11. The number of hydrogen-bond acceptors (Lipinski definition) is 3. The highest BCUT2D eigenvalue weighted by atomic mass is 16.7. The van der Waals surface area contributed by atoms with E-state index < -0.39 is 11.5 Å². The van der Waals surface area contributed by atoms with Gasteiger partial charge in [0.15, 0.2) is 0 Å². The first-order valence-electron chi connectivity index (χ1n) is 4.68. The van der Waals surface area contributed by atoms with Crippen LogP contribution in [0.3, 0.4) is 0 Å². The number of rotatable bonds is 2. The van der Waals surface area contributed by atoms with Gasteiger partial charge in [-0.05, 0) is 12.1 Å². The van der Waals surface area contributed by atoms with E-state index in [0.717, 1.165) is 16.2 Å². The maximum Gasteiger partial charge on any atom is 0.356 e. The number of benzene rings is 1. The molecule has 0 spiro atoms. The van der Waals surface area contributed by atoms with Crippen LogP contribution in [-0.4, -0.2) is 10.7 Å². The average molecular weight is 215 g/mol. The van der Waals surface area contributed by atoms with Gasteiger partial charge in [0.05, 0.1) is 5.52 Å². The Morgan fingerprint density at radius 3 is 2.75 bits per heavy atom. The quantitative estimate of drug-likeness (QED) is 0.706. The molecule has 0 radical (unpaired) electrons. The van der Waals surface area contributed by atoms with Crippen molar-refractivity contribution in [2.45, 2.75) is 0 Å². The minimum absolute atomic E-state index is 0.395. The highest BCUT2D eigenvalue weighted by Crippen LogP contribution is 2.09. The van der Waals surface area contributed by atoms with Gasteiger partial charge in [0.25, 0.3) is 5.56 Å². The highest BCUT2D eigenvalue weighted by molar-refractivity contribution is 5.83. The fourth-order valence-corrected chi connectivity index (χ4v) is 1.38. The summed E-state index contributed by atoms with van der Waals surface area (Å²) in [6.45, 7) is 3.28. The number of carbonyl (C=O) groups is 1. The zero-order valence-corrected chi connectivity index (χ0v) is 8.42. The predicted molar refractivity (Wildman–Crippen MR) is 60.0 cm³/mol. The highest BCUT2D eigenvalue weighted by Gasteiger charge is 2.05. The summed E-state index contributed by atoms with van der Waals surface area (Å²) in [5.41, 5.74) is 0.152. The van der Waals surface area contributed by atoms with E-state index in [1.165, 1.54) is 6.07 Å². The van der Waals surface area contributed by atoms with E-state index in [1.54, 1.807) is 18.2 Å². The van der Waals surface area contributed by atoms with E-state index in [-0.39, 0.29) is 0 Å². The molecule has 0 unspecified atom stereocenters. The first-order valence-corrected chi connectivity index (χ1v) is 4.68. The van der Waals surface area contributed by atoms with Crippen LogP contribution >= 0.6 is 0 Å². The molecular formula is C12H9NO3. The summed E-state index contributed by atoms with van der Waals surface area (Å²) < 4.78 is 0.958. The summed E-state index contributed by atoms with van der Waals surface area (Å²) >= 11 is 0. The van der Waals surface area contributed by atoms with Gasteiger partial charge in [0.1, 0.15) is 0 Å². The molecule has 0 N–H and O–H groups in total. The molecule has 2 aromatic rings. The third kappa shape index (κ3) is 1.72. The number of nitrogens with zero attached hydrogens (tertiary/aromatic N) is 1. The molecule has 0 aliphatic rings. The third-order valence-corrected chi connectivity index (χ3v) is 2.11. The number of hydrogen-bond donors (Lipinski definition) is 0. The first-order chi connectivity index (χ1) is 7.72. The van der Waals surface area contributed by atoms with Crippen molar-refractivity contribution in [1.29, 1.82) is 0 Å². The monoisotopic (exact) mass is 215 g/mol. The number of para-hydroxylation sites is 1. The molecule has 0 aliphatic carbocycles. The molecule has 0 aliphatic heterocycles. The number of fused-ring (bicyclic) bond motifs is 1. The Morgan fingerprint density at radius 2 is 2.00 bits per heavy atom. The molecule has 0 bridgehead atoms. The number of aromatic nitrogens is 1. The largest absolute Gasteiger partial charge is 0.356 e. The lowest BCUT2D eigenvalue weighted by Gasteiger charge is -2.07. The Morgan fingerprint density at radius 1 is 1.25 bits per heavy atom. The van der Waals surface area contributed by atoms with Crippen molar-refractivity contribution < 1.29 is 9.63 Å². The Bertz CT molecular complexity index is 613. The summed E-state index contributed by atoms with van der Waals surface area (Å²) in [6, 6.07) is 10.2. The summed E-state index contributed by atoms with van der Waals surface area (Å²) in [4.78, 5) is 27.5. The van der Waals surface area contributed by atoms with Crippen molar-refractivity contribution in [2.75, 3.05) is 0 Å². The van der Waals surface area contributed by atoms with Crippen LogP contribution in [-0.2, 0) is 4.79 Å². The van der Waals surface area contributed by atoms with E-state index in [0.29, 0.717) is 5.52 Å². The molecule has 4 heteroatoms. The maximum atomic E-state index is 11.5. The Kier molecular flexibility index (Phi) is 2.55. The van der Waals surface area contributed by atoms with Crippen LogP contribution < -0.4 is 10.4 Å². The fraction of sp³-hybridized carbons (Fsp3) is 0. The summed E-state index contributed by atoms with van der Waals surface area (Å²) in [7, 11) is 0. The van der Waals surface area contributed by atoms with Crippen molar-refractivity contribution in [1.82, 2.24) is 4.73 Å². The summed E-state index contributed by atoms with van der Waals surface area (Å²) in [6.07, 6.45) is 1.01. The van der Waals surface area contributed by atoms with Gasteiger partial charge in [-0.25, -0.2) is 4.79 Å². The summed E-state index contributed by atoms with van der Waals surface area (Å²) in [5.74, 6) is -0.668. The number of pyridine rings is 1. The van der Waals surface area contributed by atoms with Gasteiger partial charge in [-0.3, -0.25) is 4.79 Å². The lowest BCUT2D eigenvalue weighted by Crippen LogP contribution is -2.29. The van der Waals surface area contributed by atoms with Gasteiger partial charge in [-0.2, -0.15) is 0 Å². The second kappa shape index (κ2) is 4.02. The van der Waals surface area contributed by atoms with Crippen LogP contribution in [0.25, 0.3) is 10.9 Å². The maximum absolute atomic E-state index is 11.5. The van der Waals surface area contributed by atoms with Crippen LogP contribution in [0.2, 0.25) is 0 Å². The molecule has 1 heterocycles. The Balaban J connectivity index is 2.66. The SMILES string of the molecule is C=CC(=O)On1c(=O)ccc2ccccc21. The van der Waals surface area contributed by atoms with Gasteiger partial charge in [0, 0.05) is 17.5 Å². The van der Waals surface area contributed by atoms with Crippen molar-refractivity contribution in [3.05, 3.63) is 59.4 Å². The van der Waals surface area contributed by atoms with Gasteiger partial charge in [-0.1, -0.05) is 24.8 Å². The smallest absolute Gasteiger partial charge is 0.328 e. The zero-order valence-electron chi connectivity index (χ0n) is 8.42. The van der Waals surface area contributed by atoms with Gasteiger partial charge in [-0.15, -0.1) is 4.73 Å². The van der Waals surface area contributed by atoms with Crippen molar-refractivity contribution in [2.24, 2.45) is 0 Å². The minimum atomic E-state index is -0.668. The first kappa shape index (κ1) is 10.2. The second-order valence-electron chi connectivity index (χ2n) is 3.14. The van der Waals surface area contributed by atoms with Crippen LogP contribution in [0.4, 0.5) is 0 Å². The number of carbonyl (C=O) groups excluding carboxylic acids is 1. The van der Waals surface area contributed by atoms with Gasteiger partial charge < -0.3 is 4.84 Å². The molecule has 2 rings (SSSR count). The Labute approximate surface area is 91.3 Å². The topological polar surface area (TPSA) is 48.3 Å². The lowest BCUT2D eigenvalue weighted by atomic mass is 10.2. The molecule has 0 saturated carbocycles. The normalized spacial score (nSPS) is 10.0. The van der Waals surface area contributed by atoms with Crippen molar-refractivity contribution in [3.8, 4) is 0 Å². The lowest BCUT2D eigenvalue weighted by molar-refractivity contribution is -0.138. The Hall–Kier alpha value is -2.36. The fourth-order valence-electron chi connectivity index (χ4n) is 1.38. The van der Waals surface area contributed by atoms with E-state index in [4.69, 9.17) is 4.84 Å². The van der Waals surface area contributed by atoms with Gasteiger partial charge in [0.2, 0.25) is 0 Å². The molecular weight excluding hydrogens is 206 g/mol. The molecule has 0 fully saturated rings. The van der Waals surface area contributed by atoms with E-state index in [1.807, 2.05) is 12.1 Å². The predicted octanol–water partition coefficient (Wildman–Crippen LogP) is 1.14. The van der Waals surface area contributed by atoms with E-state index in [2.05, 4.69) is 6.58 Å². The summed E-state index contributed by atoms with van der Waals surface area (Å²) in [5, 5.41) is 0.818. The zero-order chi connectivity index (χ0) is 11.5. The molecule has 0 amide bonds. The van der Waals surface area contributed by atoms with Crippen molar-refractivity contribution >= 4 is 16.9 Å². The van der Waals surface area contributed by atoms with Gasteiger partial charge >= 0.3 is 5.97 Å². The average Bonchev–Trinajstić information content (AvgIpc) is 2.32. The molecule has 0 saturated heterocycles. The second-order valence-corrected chi connectivity index (χ2v) is 3.14. The standard InChI is InChI=1S/C12H9NO3/c1-2-12(15)16-13-10-6-4-3-5-9(10)7-8-11(13)14/h2-8H,1H2. The van der Waals surface area contributed by atoms with Crippen molar-refractivity contribution in [3.63, 3.8) is 0 Å². The van der Waals surface area contributed by atoms with Crippen LogP contribution in [0.1, 0.15) is 0 Å². The molecule has 4 nitrogen and oxygen atoms in total. The molecule has 80 valence electrons. The van der Waals surface area contributed by atoms with Crippen LogP contribution in [0.5, 0.6) is 0 Å². The molecule has 16 heavy (non-hydrogen) atoms. The molecule has 1 aromatic carbocycles.